The lowest BCUT2D eigenvalue weighted by molar-refractivity contribution is -0.121. The number of nitrogens with zero attached hydrogens (tertiary/aromatic N) is 1. The molecule has 2 N–H and O–H groups in total. The maximum absolute atomic E-state index is 12.4. The van der Waals surface area contributed by atoms with E-state index in [9.17, 15) is 13.2 Å². The summed E-state index contributed by atoms with van der Waals surface area (Å²) in [5.74, 6) is -0.638. The van der Waals surface area contributed by atoms with Gasteiger partial charge in [0.15, 0.2) is 0 Å². The normalized spacial score (nSPS) is 20.6. The molecule has 5 nitrogen and oxygen atoms in total. The summed E-state index contributed by atoms with van der Waals surface area (Å²) < 4.78 is 26.0. The van der Waals surface area contributed by atoms with Gasteiger partial charge in [0.1, 0.15) is 6.04 Å². The smallest absolute Gasteiger partial charge is 0.243 e. The number of sulfonamides is 1. The minimum atomic E-state index is -3.78. The Kier molecular flexibility index (Phi) is 4.06. The number of carbonyl (C=O) groups excluding carboxylic acids is 1. The van der Waals surface area contributed by atoms with Gasteiger partial charge in [0, 0.05) is 6.54 Å². The molecular formula is C11H12Cl2N2O3S. The Hall–Kier alpha value is -0.820. The molecule has 1 aliphatic heterocycles. The fourth-order valence-corrected chi connectivity index (χ4v) is 4.14. The molecule has 2 rings (SSSR count). The van der Waals surface area contributed by atoms with Crippen molar-refractivity contribution < 1.29 is 13.2 Å². The lowest BCUT2D eigenvalue weighted by Crippen LogP contribution is -2.43. The van der Waals surface area contributed by atoms with E-state index >= 15 is 0 Å². The van der Waals surface area contributed by atoms with Crippen LogP contribution in [0.15, 0.2) is 23.1 Å². The van der Waals surface area contributed by atoms with Gasteiger partial charge in [0.25, 0.3) is 0 Å². The van der Waals surface area contributed by atoms with Crippen LogP contribution in [-0.4, -0.2) is 31.2 Å². The highest BCUT2D eigenvalue weighted by Crippen LogP contribution is 2.30. The molecule has 1 aromatic rings. The van der Waals surface area contributed by atoms with E-state index in [1.165, 1.54) is 18.2 Å². The van der Waals surface area contributed by atoms with Crippen molar-refractivity contribution in [3.8, 4) is 0 Å². The average molecular weight is 323 g/mol. The number of amides is 1. The van der Waals surface area contributed by atoms with Gasteiger partial charge in [0.2, 0.25) is 15.9 Å². The summed E-state index contributed by atoms with van der Waals surface area (Å²) in [5.41, 5.74) is 5.22. The zero-order valence-corrected chi connectivity index (χ0v) is 12.2. The molecule has 8 heteroatoms. The first kappa shape index (κ1) is 14.6. The fraction of sp³-hybridized carbons (Fsp3) is 0.364. The van der Waals surface area contributed by atoms with E-state index in [0.717, 1.165) is 4.31 Å². The van der Waals surface area contributed by atoms with Crippen LogP contribution in [0.25, 0.3) is 0 Å². The van der Waals surface area contributed by atoms with Crippen molar-refractivity contribution in [2.45, 2.75) is 23.8 Å². The number of benzene rings is 1. The van der Waals surface area contributed by atoms with Crippen molar-refractivity contribution in [1.82, 2.24) is 4.31 Å². The van der Waals surface area contributed by atoms with Crippen LogP contribution in [0.1, 0.15) is 12.8 Å². The molecule has 0 bridgehead atoms. The van der Waals surface area contributed by atoms with E-state index in [2.05, 4.69) is 0 Å². The molecule has 1 aliphatic rings. The lowest BCUT2D eigenvalue weighted by atomic mass is 10.2. The molecule has 0 radical (unpaired) electrons. The summed E-state index contributed by atoms with van der Waals surface area (Å²) in [6.07, 6.45) is 1.05. The van der Waals surface area contributed by atoms with Crippen molar-refractivity contribution in [3.63, 3.8) is 0 Å². The zero-order chi connectivity index (χ0) is 14.2. The standard InChI is InChI=1S/C11H12Cl2N2O3S/c12-8-4-3-7(6-9(8)13)19(17,18)15-5-1-2-10(15)11(14)16/h3-4,6,10H,1-2,5H2,(H2,14,16)/t10-/m0/s1. The Morgan fingerprint density at radius 3 is 2.58 bits per heavy atom. The molecule has 19 heavy (non-hydrogen) atoms. The summed E-state index contributed by atoms with van der Waals surface area (Å²) in [5, 5.41) is 0.422. The van der Waals surface area contributed by atoms with E-state index in [4.69, 9.17) is 28.9 Å². The van der Waals surface area contributed by atoms with Gasteiger partial charge in [-0.2, -0.15) is 4.31 Å². The number of carbonyl (C=O) groups is 1. The van der Waals surface area contributed by atoms with Crippen molar-refractivity contribution in [2.75, 3.05) is 6.54 Å². The molecule has 0 unspecified atom stereocenters. The van der Waals surface area contributed by atoms with Crippen LogP contribution in [0, 0.1) is 0 Å². The molecule has 1 fully saturated rings. The average Bonchev–Trinajstić information content (AvgIpc) is 2.82. The minimum Gasteiger partial charge on any atom is -0.368 e. The van der Waals surface area contributed by atoms with Crippen LogP contribution >= 0.6 is 23.2 Å². The minimum absolute atomic E-state index is 0.00931. The third-order valence-corrected chi connectivity index (χ3v) is 5.67. The van der Waals surface area contributed by atoms with Crippen LogP contribution in [0.3, 0.4) is 0 Å². The first-order chi connectivity index (χ1) is 8.84. The first-order valence-corrected chi connectivity index (χ1v) is 7.80. The molecule has 0 aromatic heterocycles. The lowest BCUT2D eigenvalue weighted by Gasteiger charge is -2.21. The van der Waals surface area contributed by atoms with Gasteiger partial charge < -0.3 is 5.73 Å². The number of rotatable bonds is 3. The molecule has 1 amide bonds. The summed E-state index contributed by atoms with van der Waals surface area (Å²) in [6, 6.07) is 3.25. The van der Waals surface area contributed by atoms with Gasteiger partial charge in [0.05, 0.1) is 14.9 Å². The van der Waals surface area contributed by atoms with Crippen LogP contribution in [-0.2, 0) is 14.8 Å². The van der Waals surface area contributed by atoms with Gasteiger partial charge in [-0.05, 0) is 31.0 Å². The Balaban J connectivity index is 2.42. The second kappa shape index (κ2) is 5.28. The third kappa shape index (κ3) is 2.72. The van der Waals surface area contributed by atoms with Crippen molar-refractivity contribution in [2.24, 2.45) is 5.73 Å². The SMILES string of the molecule is NC(=O)[C@@H]1CCCN1S(=O)(=O)c1ccc(Cl)c(Cl)c1. The Bertz CT molecular complexity index is 618. The predicted octanol–water partition coefficient (Wildman–Crippen LogP) is 1.63. The fourth-order valence-electron chi connectivity index (χ4n) is 2.08. The Labute approximate surface area is 121 Å². The zero-order valence-electron chi connectivity index (χ0n) is 9.84. The number of hydrogen-bond donors (Lipinski definition) is 1. The number of hydrogen-bond acceptors (Lipinski definition) is 3. The van der Waals surface area contributed by atoms with E-state index < -0.39 is 22.0 Å². The molecule has 1 aromatic carbocycles. The monoisotopic (exact) mass is 322 g/mol. The highest BCUT2D eigenvalue weighted by molar-refractivity contribution is 7.89. The van der Waals surface area contributed by atoms with E-state index in [1.807, 2.05) is 0 Å². The number of primary amides is 1. The maximum atomic E-state index is 12.4. The van der Waals surface area contributed by atoms with E-state index in [0.29, 0.717) is 12.8 Å². The molecule has 1 heterocycles. The van der Waals surface area contributed by atoms with Crippen LogP contribution in [0.2, 0.25) is 10.0 Å². The van der Waals surface area contributed by atoms with Gasteiger partial charge in [-0.15, -0.1) is 0 Å². The van der Waals surface area contributed by atoms with Crippen molar-refractivity contribution >= 4 is 39.1 Å². The molecule has 0 spiro atoms. The largest absolute Gasteiger partial charge is 0.368 e. The molecule has 1 saturated heterocycles. The molecule has 0 aliphatic carbocycles. The van der Waals surface area contributed by atoms with Crippen molar-refractivity contribution in [1.29, 1.82) is 0 Å². The Morgan fingerprint density at radius 2 is 2.00 bits per heavy atom. The van der Waals surface area contributed by atoms with E-state index in [-0.39, 0.29) is 21.5 Å². The second-order valence-electron chi connectivity index (χ2n) is 4.25. The Morgan fingerprint density at radius 1 is 1.32 bits per heavy atom. The van der Waals surface area contributed by atoms with Gasteiger partial charge in [-0.3, -0.25) is 4.79 Å². The summed E-state index contributed by atoms with van der Waals surface area (Å²) in [6.45, 7) is 0.274. The summed E-state index contributed by atoms with van der Waals surface area (Å²) in [7, 11) is -3.78. The van der Waals surface area contributed by atoms with E-state index in [1.54, 1.807) is 0 Å². The molecular weight excluding hydrogens is 311 g/mol. The van der Waals surface area contributed by atoms with Crippen molar-refractivity contribution in [3.05, 3.63) is 28.2 Å². The molecule has 104 valence electrons. The van der Waals surface area contributed by atoms with Gasteiger partial charge in [-0.25, -0.2) is 8.42 Å². The van der Waals surface area contributed by atoms with Crippen LogP contribution in [0.4, 0.5) is 0 Å². The highest BCUT2D eigenvalue weighted by Gasteiger charge is 2.38. The number of nitrogens with two attached hydrogens (primary N) is 1. The van der Waals surface area contributed by atoms with Crippen LogP contribution < -0.4 is 5.73 Å². The van der Waals surface area contributed by atoms with Gasteiger partial charge >= 0.3 is 0 Å². The predicted molar refractivity (Wildman–Crippen MR) is 72.6 cm³/mol. The maximum Gasteiger partial charge on any atom is 0.243 e. The quantitative estimate of drug-likeness (QED) is 0.918. The first-order valence-electron chi connectivity index (χ1n) is 5.60. The highest BCUT2D eigenvalue weighted by atomic mass is 35.5. The molecule has 1 atom stereocenters. The summed E-state index contributed by atoms with van der Waals surface area (Å²) in [4.78, 5) is 11.3. The second-order valence-corrected chi connectivity index (χ2v) is 6.96. The summed E-state index contributed by atoms with van der Waals surface area (Å²) >= 11 is 11.6. The van der Waals surface area contributed by atoms with Gasteiger partial charge in [-0.1, -0.05) is 23.2 Å². The third-order valence-electron chi connectivity index (χ3n) is 3.03. The topological polar surface area (TPSA) is 80.5 Å². The number of halogens is 2. The van der Waals surface area contributed by atoms with Crippen LogP contribution in [0.5, 0.6) is 0 Å². The molecule has 0 saturated carbocycles.